The zero-order valence-electron chi connectivity index (χ0n) is 13.0. The van der Waals surface area contributed by atoms with E-state index in [0.29, 0.717) is 11.7 Å². The molecule has 1 aliphatic rings. The predicted molar refractivity (Wildman–Crippen MR) is 99.0 cm³/mol. The first-order valence-corrected chi connectivity index (χ1v) is 10.0. The molecule has 6 nitrogen and oxygen atoms in total. The van der Waals surface area contributed by atoms with Gasteiger partial charge in [-0.1, -0.05) is 54.0 Å². The molecule has 128 valence electrons. The molecule has 0 aliphatic heterocycles. The highest BCUT2D eigenvalue weighted by atomic mass is 35.5. The van der Waals surface area contributed by atoms with E-state index in [1.807, 2.05) is 0 Å². The van der Waals surface area contributed by atoms with Crippen LogP contribution in [0.3, 0.4) is 0 Å². The van der Waals surface area contributed by atoms with Gasteiger partial charge < -0.3 is 10.6 Å². The normalized spacial score (nSPS) is 15.2. The van der Waals surface area contributed by atoms with Crippen molar-refractivity contribution < 1.29 is 4.79 Å². The van der Waals surface area contributed by atoms with Gasteiger partial charge in [0.15, 0.2) is 9.49 Å². The van der Waals surface area contributed by atoms with Crippen LogP contribution in [0.1, 0.15) is 32.1 Å². The lowest BCUT2D eigenvalue weighted by atomic mass is 9.96. The Bertz CT molecular complexity index is 690. The number of thioether (sulfide) groups is 1. The molecule has 0 radical (unpaired) electrons. The Hall–Kier alpha value is -1.38. The number of carbonyl (C=O) groups is 1. The molecule has 1 saturated carbocycles. The lowest BCUT2D eigenvalue weighted by Gasteiger charge is -2.21. The highest BCUT2D eigenvalue weighted by Gasteiger charge is 2.15. The fourth-order valence-corrected chi connectivity index (χ4v) is 4.34. The number of anilines is 2. The van der Waals surface area contributed by atoms with Crippen molar-refractivity contribution >= 4 is 51.4 Å². The third-order valence-corrected chi connectivity index (χ3v) is 5.99. The Morgan fingerprint density at radius 3 is 2.96 bits per heavy atom. The van der Waals surface area contributed by atoms with Crippen molar-refractivity contribution in [3.63, 3.8) is 0 Å². The summed E-state index contributed by atoms with van der Waals surface area (Å²) in [5.41, 5.74) is 0.515. The van der Waals surface area contributed by atoms with Crippen LogP contribution in [0.4, 0.5) is 10.8 Å². The Balaban J connectivity index is 1.46. The summed E-state index contributed by atoms with van der Waals surface area (Å²) in [6, 6.07) is 3.94. The number of hydrogen-bond acceptors (Lipinski definition) is 7. The smallest absolute Gasteiger partial charge is 0.234 e. The van der Waals surface area contributed by atoms with Crippen LogP contribution < -0.4 is 10.6 Å². The Labute approximate surface area is 153 Å². The van der Waals surface area contributed by atoms with Crippen LogP contribution in [-0.4, -0.2) is 32.9 Å². The van der Waals surface area contributed by atoms with Crippen LogP contribution >= 0.6 is 34.7 Å². The number of nitrogens with zero attached hydrogens (tertiary/aromatic N) is 3. The minimum absolute atomic E-state index is 0.146. The number of rotatable bonds is 6. The van der Waals surface area contributed by atoms with E-state index in [4.69, 9.17) is 11.6 Å². The Kier molecular flexibility index (Phi) is 6.28. The van der Waals surface area contributed by atoms with Gasteiger partial charge in [-0.15, -0.1) is 10.2 Å². The maximum absolute atomic E-state index is 12.0. The van der Waals surface area contributed by atoms with Crippen LogP contribution in [0, 0.1) is 0 Å². The number of amides is 1. The summed E-state index contributed by atoms with van der Waals surface area (Å²) < 4.78 is 0.778. The van der Waals surface area contributed by atoms with E-state index in [-0.39, 0.29) is 16.8 Å². The molecule has 2 aromatic heterocycles. The first-order chi connectivity index (χ1) is 11.7. The molecule has 2 N–H and O–H groups in total. The Morgan fingerprint density at radius 2 is 2.17 bits per heavy atom. The van der Waals surface area contributed by atoms with Crippen molar-refractivity contribution in [2.24, 2.45) is 0 Å². The lowest BCUT2D eigenvalue weighted by molar-refractivity contribution is -0.113. The molecule has 1 aliphatic carbocycles. The molecular formula is C15H18ClN5OS2. The number of nitrogens with one attached hydrogen (secondary N) is 2. The van der Waals surface area contributed by atoms with Crippen molar-refractivity contribution in [3.05, 3.63) is 23.5 Å². The largest absolute Gasteiger partial charge is 0.357 e. The fraction of sp³-hybridized carbons (Fsp3) is 0.467. The van der Waals surface area contributed by atoms with E-state index < -0.39 is 0 Å². The van der Waals surface area contributed by atoms with Gasteiger partial charge in [0, 0.05) is 12.2 Å². The average Bonchev–Trinajstić information content (AvgIpc) is 3.03. The quantitative estimate of drug-likeness (QED) is 0.578. The second-order valence-electron chi connectivity index (χ2n) is 5.53. The van der Waals surface area contributed by atoms with E-state index in [1.54, 1.807) is 18.3 Å². The van der Waals surface area contributed by atoms with E-state index in [2.05, 4.69) is 25.8 Å². The lowest BCUT2D eigenvalue weighted by Crippen LogP contribution is -2.21. The molecule has 1 amide bonds. The number of pyridine rings is 1. The first-order valence-electron chi connectivity index (χ1n) is 7.84. The summed E-state index contributed by atoms with van der Waals surface area (Å²) in [7, 11) is 0. The van der Waals surface area contributed by atoms with Gasteiger partial charge in [-0.2, -0.15) is 0 Å². The number of aromatic nitrogens is 3. The van der Waals surface area contributed by atoms with Crippen molar-refractivity contribution in [2.45, 2.75) is 42.5 Å². The monoisotopic (exact) mass is 383 g/mol. The molecule has 0 atom stereocenters. The number of hydrogen-bond donors (Lipinski definition) is 2. The van der Waals surface area contributed by atoms with Gasteiger partial charge in [0.05, 0.1) is 11.4 Å². The third-order valence-electron chi connectivity index (χ3n) is 3.70. The highest BCUT2D eigenvalue weighted by molar-refractivity contribution is 8.01. The zero-order valence-corrected chi connectivity index (χ0v) is 15.4. The SMILES string of the molecule is O=C(CSc1nnc(NC2CCCCC2)s1)Nc1cccnc1Cl. The maximum atomic E-state index is 12.0. The van der Waals surface area contributed by atoms with Crippen LogP contribution in [-0.2, 0) is 4.79 Å². The molecule has 0 aromatic carbocycles. The van der Waals surface area contributed by atoms with Crippen LogP contribution in [0.5, 0.6) is 0 Å². The maximum Gasteiger partial charge on any atom is 0.234 e. The summed E-state index contributed by atoms with van der Waals surface area (Å²) in [6.07, 6.45) is 7.83. The summed E-state index contributed by atoms with van der Waals surface area (Å²) in [6.45, 7) is 0. The predicted octanol–water partition coefficient (Wildman–Crippen LogP) is 4.06. The van der Waals surface area contributed by atoms with Gasteiger partial charge in [-0.05, 0) is 25.0 Å². The van der Waals surface area contributed by atoms with Gasteiger partial charge in [-0.3, -0.25) is 4.79 Å². The van der Waals surface area contributed by atoms with Crippen molar-refractivity contribution in [1.29, 1.82) is 0 Å². The molecular weight excluding hydrogens is 366 g/mol. The second-order valence-corrected chi connectivity index (χ2v) is 8.09. The Morgan fingerprint density at radius 1 is 1.33 bits per heavy atom. The van der Waals surface area contributed by atoms with Gasteiger partial charge in [0.25, 0.3) is 0 Å². The molecule has 2 aromatic rings. The standard InChI is InChI=1S/C15H18ClN5OS2/c16-13-11(7-4-8-17-13)19-12(22)9-23-15-21-20-14(24-15)18-10-5-2-1-3-6-10/h4,7-8,10H,1-3,5-6,9H2,(H,18,20)(H,19,22). The second kappa shape index (κ2) is 8.64. The van der Waals surface area contributed by atoms with E-state index in [9.17, 15) is 4.79 Å². The molecule has 0 saturated heterocycles. The minimum atomic E-state index is -0.146. The van der Waals surface area contributed by atoms with Crippen LogP contribution in [0.25, 0.3) is 0 Å². The summed E-state index contributed by atoms with van der Waals surface area (Å²) in [5, 5.41) is 15.6. The van der Waals surface area contributed by atoms with Gasteiger partial charge in [0.1, 0.15) is 0 Å². The van der Waals surface area contributed by atoms with Crippen LogP contribution in [0.2, 0.25) is 5.15 Å². The van der Waals surface area contributed by atoms with Crippen molar-refractivity contribution in [1.82, 2.24) is 15.2 Å². The van der Waals surface area contributed by atoms with Crippen molar-refractivity contribution in [2.75, 3.05) is 16.4 Å². The van der Waals surface area contributed by atoms with E-state index >= 15 is 0 Å². The fourth-order valence-electron chi connectivity index (χ4n) is 2.54. The molecule has 0 bridgehead atoms. The van der Waals surface area contributed by atoms with Crippen LogP contribution in [0.15, 0.2) is 22.7 Å². The molecule has 1 fully saturated rings. The highest BCUT2D eigenvalue weighted by Crippen LogP contribution is 2.28. The number of halogens is 1. The molecule has 3 rings (SSSR count). The number of carbonyl (C=O) groups excluding carboxylic acids is 1. The first kappa shape index (κ1) is 17.4. The zero-order chi connectivity index (χ0) is 16.8. The minimum Gasteiger partial charge on any atom is -0.357 e. The topological polar surface area (TPSA) is 79.8 Å². The van der Waals surface area contributed by atoms with Gasteiger partial charge in [-0.25, -0.2) is 4.98 Å². The molecule has 9 heteroatoms. The average molecular weight is 384 g/mol. The van der Waals surface area contributed by atoms with Gasteiger partial charge in [0.2, 0.25) is 11.0 Å². The van der Waals surface area contributed by atoms with E-state index in [1.165, 1.54) is 55.2 Å². The summed E-state index contributed by atoms with van der Waals surface area (Å²) >= 11 is 8.78. The summed E-state index contributed by atoms with van der Waals surface area (Å²) in [5.74, 6) is 0.107. The molecule has 2 heterocycles. The molecule has 0 spiro atoms. The molecule has 0 unspecified atom stereocenters. The van der Waals surface area contributed by atoms with Crippen molar-refractivity contribution in [3.8, 4) is 0 Å². The third kappa shape index (κ3) is 5.06. The summed E-state index contributed by atoms with van der Waals surface area (Å²) in [4.78, 5) is 15.9. The van der Waals surface area contributed by atoms with Gasteiger partial charge >= 0.3 is 0 Å². The molecule has 24 heavy (non-hydrogen) atoms. The van der Waals surface area contributed by atoms with E-state index in [0.717, 1.165) is 9.47 Å².